The van der Waals surface area contributed by atoms with Crippen molar-refractivity contribution < 1.29 is 22.8 Å². The highest BCUT2D eigenvalue weighted by Gasteiger charge is 2.26. The molecule has 3 N–H and O–H groups in total. The number of carbonyl (C=O) groups excluding carboxylic acids is 2. The molecule has 0 saturated heterocycles. The van der Waals surface area contributed by atoms with E-state index < -0.39 is 40.9 Å². The molecule has 0 bridgehead atoms. The van der Waals surface area contributed by atoms with Gasteiger partial charge in [0.25, 0.3) is 5.91 Å². The van der Waals surface area contributed by atoms with Crippen LogP contribution in [-0.2, 0) is 23.3 Å². The summed E-state index contributed by atoms with van der Waals surface area (Å²) in [4.78, 5) is 26.7. The minimum absolute atomic E-state index is 0.220. The van der Waals surface area contributed by atoms with E-state index >= 15 is 0 Å². The third-order valence-electron chi connectivity index (χ3n) is 6.19. The zero-order chi connectivity index (χ0) is 27.3. The second-order valence-corrected chi connectivity index (χ2v) is 9.23. The fraction of sp³-hybridized carbons (Fsp3) is 0.250. The van der Waals surface area contributed by atoms with Gasteiger partial charge in [-0.25, -0.2) is 13.2 Å². The summed E-state index contributed by atoms with van der Waals surface area (Å²) in [6, 6.07) is 11.5. The van der Waals surface area contributed by atoms with Gasteiger partial charge in [-0.3, -0.25) is 4.79 Å². The van der Waals surface area contributed by atoms with Gasteiger partial charge in [-0.15, -0.1) is 0 Å². The predicted molar refractivity (Wildman–Crippen MR) is 139 cm³/mol. The molecule has 0 aliphatic carbocycles. The highest BCUT2D eigenvalue weighted by atomic mass is 19.1. The van der Waals surface area contributed by atoms with Gasteiger partial charge >= 0.3 is 0 Å². The Hall–Kier alpha value is -4.14. The quantitative estimate of drug-likeness (QED) is 0.259. The maximum absolute atomic E-state index is 14.0. The molecule has 0 aliphatic rings. The van der Waals surface area contributed by atoms with Crippen LogP contribution in [0, 0.1) is 22.9 Å². The molecule has 6 nitrogen and oxygen atoms in total. The monoisotopic (exact) mass is 510 g/mol. The zero-order valence-corrected chi connectivity index (χ0v) is 21.1. The van der Waals surface area contributed by atoms with Gasteiger partial charge in [-0.1, -0.05) is 24.3 Å². The number of carbonyl (C=O) groups is 2. The highest BCUT2D eigenvalue weighted by Crippen LogP contribution is 2.33. The number of benzene rings is 3. The van der Waals surface area contributed by atoms with E-state index in [1.165, 1.54) is 6.21 Å². The summed E-state index contributed by atoms with van der Waals surface area (Å²) in [5.41, 5.74) is 2.62. The maximum Gasteiger partial charge on any atom is 0.251 e. The minimum Gasteiger partial charge on any atom is -0.387 e. The first kappa shape index (κ1) is 27.4. The van der Waals surface area contributed by atoms with Crippen molar-refractivity contribution in [3.8, 4) is 0 Å². The Morgan fingerprint density at radius 2 is 1.76 bits per heavy atom. The summed E-state index contributed by atoms with van der Waals surface area (Å²) >= 11 is 0. The number of amides is 1. The first-order valence-electron chi connectivity index (χ1n) is 11.6. The standard InChI is InChI=1S/C28H29F3N4O2/c1-28(2,16-36)22-9-8-17(27(37)34-14-21-23(30)11-20(29)12-24(21)31)10-25(22)35(4)15-19-7-5-6-18(13-32)26(19)33-3/h5-13,16,32-33H,14-15H2,1-4H3,(H,34,37). The summed E-state index contributed by atoms with van der Waals surface area (Å²) in [7, 11) is 3.59. The lowest BCUT2D eigenvalue weighted by atomic mass is 9.84. The van der Waals surface area contributed by atoms with Crippen LogP contribution in [0.4, 0.5) is 24.5 Å². The van der Waals surface area contributed by atoms with Gasteiger partial charge in [0, 0.05) is 79.0 Å². The summed E-state index contributed by atoms with van der Waals surface area (Å²) in [5.74, 6) is -3.81. The van der Waals surface area contributed by atoms with Crippen LogP contribution in [0.5, 0.6) is 0 Å². The first-order valence-corrected chi connectivity index (χ1v) is 11.6. The van der Waals surface area contributed by atoms with Crippen molar-refractivity contribution in [2.75, 3.05) is 24.3 Å². The zero-order valence-electron chi connectivity index (χ0n) is 21.1. The lowest BCUT2D eigenvalue weighted by Gasteiger charge is -2.29. The fourth-order valence-electron chi connectivity index (χ4n) is 4.13. The molecule has 1 amide bonds. The Labute approximate surface area is 214 Å². The highest BCUT2D eigenvalue weighted by molar-refractivity contribution is 5.96. The average Bonchev–Trinajstić information content (AvgIpc) is 2.87. The van der Waals surface area contributed by atoms with Gasteiger partial charge in [0.15, 0.2) is 0 Å². The molecule has 3 aromatic carbocycles. The Bertz CT molecular complexity index is 1320. The van der Waals surface area contributed by atoms with Gasteiger partial charge in [0.1, 0.15) is 23.7 Å². The van der Waals surface area contributed by atoms with Gasteiger partial charge in [-0.05, 0) is 37.1 Å². The molecule has 0 heterocycles. The molecule has 0 spiro atoms. The SMILES string of the molecule is CNc1c(C=N)cccc1CN(C)c1cc(C(=O)NCc2c(F)cc(F)cc2F)ccc1C(C)(C)C=O. The number of rotatable bonds is 10. The number of halogens is 3. The molecule has 0 aliphatic heterocycles. The van der Waals surface area contributed by atoms with Gasteiger partial charge < -0.3 is 25.7 Å². The third-order valence-corrected chi connectivity index (χ3v) is 6.19. The van der Waals surface area contributed by atoms with E-state index in [0.29, 0.717) is 29.9 Å². The number of aldehydes is 1. The molecule has 3 aromatic rings. The number of nitrogens with one attached hydrogen (secondary N) is 3. The topological polar surface area (TPSA) is 85.3 Å². The molecular weight excluding hydrogens is 481 g/mol. The molecule has 0 saturated carbocycles. The number of nitrogens with zero attached hydrogens (tertiary/aromatic N) is 1. The minimum atomic E-state index is -1.09. The summed E-state index contributed by atoms with van der Waals surface area (Å²) in [5, 5.41) is 13.3. The van der Waals surface area contributed by atoms with Gasteiger partial charge in [0.05, 0.1) is 0 Å². The summed E-state index contributed by atoms with van der Waals surface area (Å²) < 4.78 is 41.2. The smallest absolute Gasteiger partial charge is 0.251 e. The molecule has 0 radical (unpaired) electrons. The van der Waals surface area contributed by atoms with E-state index in [0.717, 1.165) is 23.1 Å². The third kappa shape index (κ3) is 5.99. The van der Waals surface area contributed by atoms with E-state index in [-0.39, 0.29) is 5.56 Å². The van der Waals surface area contributed by atoms with Crippen molar-refractivity contribution in [1.29, 1.82) is 5.41 Å². The van der Waals surface area contributed by atoms with E-state index in [9.17, 15) is 22.8 Å². The van der Waals surface area contributed by atoms with Crippen LogP contribution < -0.4 is 15.5 Å². The van der Waals surface area contributed by atoms with E-state index in [1.807, 2.05) is 30.1 Å². The van der Waals surface area contributed by atoms with Crippen molar-refractivity contribution in [2.24, 2.45) is 0 Å². The molecule has 0 atom stereocenters. The Kier molecular flexibility index (Phi) is 8.37. The average molecular weight is 511 g/mol. The van der Waals surface area contributed by atoms with Crippen LogP contribution in [0.1, 0.15) is 46.5 Å². The first-order chi connectivity index (χ1) is 17.5. The van der Waals surface area contributed by atoms with Gasteiger partial charge in [-0.2, -0.15) is 0 Å². The molecule has 3 rings (SSSR count). The van der Waals surface area contributed by atoms with Gasteiger partial charge in [0.2, 0.25) is 0 Å². The van der Waals surface area contributed by atoms with Crippen molar-refractivity contribution >= 4 is 29.8 Å². The second kappa shape index (κ2) is 11.3. The number of anilines is 2. The van der Waals surface area contributed by atoms with Crippen molar-refractivity contribution in [2.45, 2.75) is 32.4 Å². The van der Waals surface area contributed by atoms with Crippen molar-refractivity contribution in [3.63, 3.8) is 0 Å². The molecule has 0 fully saturated rings. The maximum atomic E-state index is 14.0. The van der Waals surface area contributed by atoms with Crippen molar-refractivity contribution in [3.05, 3.63) is 93.8 Å². The Morgan fingerprint density at radius 3 is 2.35 bits per heavy atom. The predicted octanol–water partition coefficient (Wildman–Crippen LogP) is 5.19. The van der Waals surface area contributed by atoms with Crippen LogP contribution in [-0.4, -0.2) is 32.5 Å². The largest absolute Gasteiger partial charge is 0.387 e. The molecule has 194 valence electrons. The molecule has 0 aromatic heterocycles. The number of para-hydroxylation sites is 1. The summed E-state index contributed by atoms with van der Waals surface area (Å²) in [6.45, 7) is 3.46. The second-order valence-electron chi connectivity index (χ2n) is 9.23. The number of hydrogen-bond acceptors (Lipinski definition) is 5. The normalized spacial score (nSPS) is 11.1. The Morgan fingerprint density at radius 1 is 1.08 bits per heavy atom. The molecular formula is C28H29F3N4O2. The van der Waals surface area contributed by atoms with Crippen LogP contribution in [0.15, 0.2) is 48.5 Å². The van der Waals surface area contributed by atoms with E-state index in [1.54, 1.807) is 39.1 Å². The molecule has 9 heteroatoms. The molecule has 37 heavy (non-hydrogen) atoms. The van der Waals surface area contributed by atoms with Crippen molar-refractivity contribution in [1.82, 2.24) is 5.32 Å². The van der Waals surface area contributed by atoms with Crippen LogP contribution in [0.3, 0.4) is 0 Å². The van der Waals surface area contributed by atoms with Crippen LogP contribution in [0.25, 0.3) is 0 Å². The number of hydrogen-bond donors (Lipinski definition) is 3. The van der Waals surface area contributed by atoms with E-state index in [2.05, 4.69) is 10.6 Å². The molecule has 0 unspecified atom stereocenters. The lowest BCUT2D eigenvalue weighted by molar-refractivity contribution is -0.111. The van der Waals surface area contributed by atoms with E-state index in [4.69, 9.17) is 5.41 Å². The lowest BCUT2D eigenvalue weighted by Crippen LogP contribution is -2.28. The fourth-order valence-corrected chi connectivity index (χ4v) is 4.13. The van der Waals surface area contributed by atoms with Crippen LogP contribution >= 0.6 is 0 Å². The van der Waals surface area contributed by atoms with Crippen LogP contribution in [0.2, 0.25) is 0 Å². The Balaban J connectivity index is 1.95. The summed E-state index contributed by atoms with van der Waals surface area (Å²) in [6.07, 6.45) is 2.09.